The summed E-state index contributed by atoms with van der Waals surface area (Å²) in [4.78, 5) is 24.7. The lowest BCUT2D eigenvalue weighted by atomic mass is 10.1. The molecule has 1 aromatic rings. The van der Waals surface area contributed by atoms with E-state index in [0.717, 1.165) is 37.8 Å². The molecule has 0 unspecified atom stereocenters. The van der Waals surface area contributed by atoms with Crippen molar-refractivity contribution in [1.29, 1.82) is 0 Å². The molecule has 0 saturated carbocycles. The summed E-state index contributed by atoms with van der Waals surface area (Å²) >= 11 is 0. The minimum atomic E-state index is -1.99. The first kappa shape index (κ1) is 22.6. The van der Waals surface area contributed by atoms with Crippen LogP contribution >= 0.6 is 0 Å². The van der Waals surface area contributed by atoms with E-state index in [1.807, 2.05) is 0 Å². The third-order valence-electron chi connectivity index (χ3n) is 4.36. The maximum Gasteiger partial charge on any atom is 0.324 e. The van der Waals surface area contributed by atoms with Gasteiger partial charge in [-0.1, -0.05) is 39.5 Å². The Morgan fingerprint density at radius 3 is 1.31 bits per heavy atom. The topological polar surface area (TPSA) is 52.6 Å². The fourth-order valence-electron chi connectivity index (χ4n) is 2.67. The predicted octanol–water partition coefficient (Wildman–Crippen LogP) is 6.01. The molecule has 26 heavy (non-hydrogen) atoms. The van der Waals surface area contributed by atoms with Crippen LogP contribution in [0, 0.1) is 0 Å². The summed E-state index contributed by atoms with van der Waals surface area (Å²) in [5, 5.41) is 0. The van der Waals surface area contributed by atoms with Gasteiger partial charge in [-0.05, 0) is 62.5 Å². The van der Waals surface area contributed by atoms with Crippen molar-refractivity contribution in [2.45, 2.75) is 77.8 Å². The summed E-state index contributed by atoms with van der Waals surface area (Å²) in [7, 11) is -3.97. The van der Waals surface area contributed by atoms with E-state index in [9.17, 15) is 9.59 Å². The molecule has 0 heterocycles. The fourth-order valence-corrected chi connectivity index (χ4v) is 6.52. The van der Waals surface area contributed by atoms with E-state index in [1.54, 1.807) is 24.3 Å². The van der Waals surface area contributed by atoms with Crippen molar-refractivity contribution >= 4 is 28.6 Å². The first-order chi connectivity index (χ1) is 12.1. The third kappa shape index (κ3) is 7.87. The van der Waals surface area contributed by atoms with Gasteiger partial charge in [-0.15, -0.1) is 0 Å². The zero-order valence-corrected chi connectivity index (χ0v) is 19.2. The van der Waals surface area contributed by atoms with Crippen LogP contribution in [-0.2, 0) is 8.85 Å². The molecule has 0 atom stereocenters. The molecule has 0 amide bonds. The van der Waals surface area contributed by atoms with Crippen molar-refractivity contribution in [1.82, 2.24) is 0 Å². The predicted molar refractivity (Wildman–Crippen MR) is 112 cm³/mol. The van der Waals surface area contributed by atoms with Gasteiger partial charge in [0.1, 0.15) is 0 Å². The first-order valence-corrected chi connectivity index (χ1v) is 15.9. The fraction of sp³-hybridized carbons (Fsp3) is 0.600. The van der Waals surface area contributed by atoms with Crippen LogP contribution in [0.1, 0.15) is 60.2 Å². The van der Waals surface area contributed by atoms with E-state index in [1.165, 1.54) is 0 Å². The number of benzene rings is 1. The number of unbranched alkanes of at least 4 members (excludes halogenated alkanes) is 2. The second-order valence-corrected chi connectivity index (χ2v) is 16.5. The molecule has 6 heteroatoms. The normalized spacial score (nSPS) is 11.9. The minimum Gasteiger partial charge on any atom is -0.516 e. The number of hydrogen-bond acceptors (Lipinski definition) is 4. The Labute approximate surface area is 160 Å². The van der Waals surface area contributed by atoms with Crippen molar-refractivity contribution in [3.05, 3.63) is 35.4 Å². The summed E-state index contributed by atoms with van der Waals surface area (Å²) in [5.41, 5.74) is 0.974. The Bertz CT molecular complexity index is 541. The number of carbonyl (C=O) groups is 2. The van der Waals surface area contributed by atoms with Crippen LogP contribution in [0.3, 0.4) is 0 Å². The zero-order valence-electron chi connectivity index (χ0n) is 17.2. The molecule has 0 N–H and O–H groups in total. The van der Waals surface area contributed by atoms with E-state index in [2.05, 4.69) is 40.0 Å². The molecule has 4 nitrogen and oxygen atoms in total. The van der Waals surface area contributed by atoms with Crippen LogP contribution in [0.5, 0.6) is 0 Å². The summed E-state index contributed by atoms with van der Waals surface area (Å²) in [5.74, 6) is -0.592. The van der Waals surface area contributed by atoms with Gasteiger partial charge in [0.25, 0.3) is 0 Å². The lowest BCUT2D eigenvalue weighted by molar-refractivity contribution is 0.0706. The molecule has 0 radical (unpaired) electrons. The average molecular weight is 395 g/mol. The smallest absolute Gasteiger partial charge is 0.324 e. The van der Waals surface area contributed by atoms with Crippen LogP contribution in [-0.4, -0.2) is 28.6 Å². The van der Waals surface area contributed by atoms with Gasteiger partial charge in [-0.2, -0.15) is 0 Å². The van der Waals surface area contributed by atoms with Gasteiger partial charge in [0.15, 0.2) is 0 Å². The molecule has 0 saturated heterocycles. The molecule has 1 aromatic carbocycles. The quantitative estimate of drug-likeness (QED) is 0.456. The standard InChI is InChI=1S/C20H34O4Si2/c1-7-9-15-25(3,4)23-19(21)17-11-13-18(14-12-17)20(22)24-26(5,6)16-10-8-2/h11-14H,7-10,15-16H2,1-6H3. The number of rotatable bonds is 10. The lowest BCUT2D eigenvalue weighted by Crippen LogP contribution is -2.33. The van der Waals surface area contributed by atoms with Gasteiger partial charge in [-0.25, -0.2) is 9.59 Å². The van der Waals surface area contributed by atoms with Gasteiger partial charge < -0.3 is 8.85 Å². The molecule has 0 spiro atoms. The second-order valence-electron chi connectivity index (χ2n) is 8.08. The molecular formula is C20H34O4Si2. The van der Waals surface area contributed by atoms with Crippen molar-refractivity contribution in [3.63, 3.8) is 0 Å². The Morgan fingerprint density at radius 1 is 0.731 bits per heavy atom. The lowest BCUT2D eigenvalue weighted by Gasteiger charge is -2.23. The summed E-state index contributed by atoms with van der Waals surface area (Å²) < 4.78 is 11.5. The Morgan fingerprint density at radius 2 is 1.04 bits per heavy atom. The Hall–Kier alpha value is -1.41. The monoisotopic (exact) mass is 394 g/mol. The maximum atomic E-state index is 12.4. The number of carbonyl (C=O) groups excluding carboxylic acids is 2. The van der Waals surface area contributed by atoms with Gasteiger partial charge >= 0.3 is 11.9 Å². The SMILES string of the molecule is CCCC[Si](C)(C)OC(=O)c1ccc(C(=O)O[Si](C)(C)CCCC)cc1. The average Bonchev–Trinajstić information content (AvgIpc) is 2.57. The molecule has 146 valence electrons. The van der Waals surface area contributed by atoms with Crippen LogP contribution in [0.15, 0.2) is 24.3 Å². The van der Waals surface area contributed by atoms with Crippen LogP contribution in [0.25, 0.3) is 0 Å². The molecule has 0 aliphatic carbocycles. The van der Waals surface area contributed by atoms with E-state index >= 15 is 0 Å². The highest BCUT2D eigenvalue weighted by Crippen LogP contribution is 2.20. The molecule has 0 bridgehead atoms. The molecule has 0 aliphatic rings. The highest BCUT2D eigenvalue weighted by atomic mass is 28.4. The minimum absolute atomic E-state index is 0.296. The summed E-state index contributed by atoms with van der Waals surface area (Å²) in [6, 6.07) is 8.57. The molecule has 0 aromatic heterocycles. The highest BCUT2D eigenvalue weighted by molar-refractivity contribution is 6.73. The highest BCUT2D eigenvalue weighted by Gasteiger charge is 2.28. The van der Waals surface area contributed by atoms with Gasteiger partial charge in [0.05, 0.1) is 11.1 Å². The molecular weight excluding hydrogens is 360 g/mol. The van der Waals surface area contributed by atoms with Crippen molar-refractivity contribution in [2.24, 2.45) is 0 Å². The van der Waals surface area contributed by atoms with Crippen LogP contribution in [0.4, 0.5) is 0 Å². The van der Waals surface area contributed by atoms with Crippen molar-refractivity contribution in [3.8, 4) is 0 Å². The Balaban J connectivity index is 2.70. The van der Waals surface area contributed by atoms with Crippen molar-refractivity contribution < 1.29 is 18.4 Å². The first-order valence-electron chi connectivity index (χ1n) is 9.67. The van der Waals surface area contributed by atoms with Crippen molar-refractivity contribution in [2.75, 3.05) is 0 Å². The largest absolute Gasteiger partial charge is 0.516 e. The van der Waals surface area contributed by atoms with Crippen LogP contribution in [0.2, 0.25) is 38.3 Å². The second kappa shape index (κ2) is 10.1. The van der Waals surface area contributed by atoms with E-state index in [4.69, 9.17) is 8.85 Å². The van der Waals surface area contributed by atoms with E-state index in [0.29, 0.717) is 11.1 Å². The number of hydrogen-bond donors (Lipinski definition) is 0. The maximum absolute atomic E-state index is 12.4. The molecule has 1 rings (SSSR count). The summed E-state index contributed by atoms with van der Waals surface area (Å²) in [6.45, 7) is 12.5. The third-order valence-corrected chi connectivity index (χ3v) is 8.95. The van der Waals surface area contributed by atoms with Gasteiger partial charge in [0, 0.05) is 0 Å². The van der Waals surface area contributed by atoms with E-state index < -0.39 is 16.6 Å². The zero-order chi connectivity index (χ0) is 19.8. The Kier molecular flexibility index (Phi) is 8.76. The van der Waals surface area contributed by atoms with E-state index in [-0.39, 0.29) is 11.9 Å². The van der Waals surface area contributed by atoms with Crippen LogP contribution < -0.4 is 0 Å². The molecule has 0 aliphatic heterocycles. The van der Waals surface area contributed by atoms with Gasteiger partial charge in [0.2, 0.25) is 16.6 Å². The summed E-state index contributed by atoms with van der Waals surface area (Å²) in [6.07, 6.45) is 4.36. The molecule has 0 fully saturated rings. The van der Waals surface area contributed by atoms with Gasteiger partial charge in [-0.3, -0.25) is 0 Å².